The molecule has 1 unspecified atom stereocenters. The van der Waals surface area contributed by atoms with E-state index in [1.165, 1.54) is 0 Å². The minimum absolute atomic E-state index is 0.0496. The second-order valence-electron chi connectivity index (χ2n) is 7.34. The second-order valence-corrected chi connectivity index (χ2v) is 8.09. The number of carboxylic acids is 1. The molecule has 0 aliphatic heterocycles. The summed E-state index contributed by atoms with van der Waals surface area (Å²) in [5.41, 5.74) is 2.18. The highest BCUT2D eigenvalue weighted by Crippen LogP contribution is 2.48. The van der Waals surface area contributed by atoms with Crippen LogP contribution in [0.25, 0.3) is 0 Å². The number of aliphatic carboxylic acids is 1. The Morgan fingerprint density at radius 1 is 1.00 bits per heavy atom. The first-order valence-corrected chi connectivity index (χ1v) is 10.2. The number of carbonyl (C=O) groups excluding carboxylic acids is 1. The lowest BCUT2D eigenvalue weighted by atomic mass is 9.72. The Balaban J connectivity index is 1.83. The highest BCUT2D eigenvalue weighted by atomic mass is 35.5. The summed E-state index contributed by atoms with van der Waals surface area (Å²) in [5.74, 6) is -1.05. The van der Waals surface area contributed by atoms with E-state index in [4.69, 9.17) is 33.0 Å². The molecule has 0 amide bonds. The van der Waals surface area contributed by atoms with Crippen molar-refractivity contribution in [2.75, 3.05) is 6.61 Å². The van der Waals surface area contributed by atoms with Crippen molar-refractivity contribution < 1.29 is 19.4 Å². The van der Waals surface area contributed by atoms with Crippen molar-refractivity contribution in [2.24, 2.45) is 0 Å². The van der Waals surface area contributed by atoms with Crippen LogP contribution in [-0.4, -0.2) is 23.5 Å². The normalized spacial score (nSPS) is 17.6. The molecule has 0 aromatic heterocycles. The topological polar surface area (TPSA) is 63.6 Å². The first-order valence-electron chi connectivity index (χ1n) is 9.42. The molecule has 0 radical (unpaired) electrons. The van der Waals surface area contributed by atoms with Crippen LogP contribution in [0.4, 0.5) is 0 Å². The van der Waals surface area contributed by atoms with Gasteiger partial charge in [-0.05, 0) is 35.6 Å². The van der Waals surface area contributed by atoms with E-state index in [0.29, 0.717) is 24.0 Å². The molecular formula is C24H18Cl2O4. The summed E-state index contributed by atoms with van der Waals surface area (Å²) in [4.78, 5) is 24.7. The van der Waals surface area contributed by atoms with Crippen LogP contribution >= 0.6 is 23.2 Å². The molecule has 1 aliphatic rings. The van der Waals surface area contributed by atoms with Gasteiger partial charge in [0, 0.05) is 5.56 Å². The van der Waals surface area contributed by atoms with Gasteiger partial charge in [0.25, 0.3) is 0 Å². The van der Waals surface area contributed by atoms with Gasteiger partial charge in [0.2, 0.25) is 0 Å². The van der Waals surface area contributed by atoms with Crippen molar-refractivity contribution in [2.45, 2.75) is 18.3 Å². The highest BCUT2D eigenvalue weighted by molar-refractivity contribution is 6.45. The van der Waals surface area contributed by atoms with Gasteiger partial charge in [0.15, 0.2) is 12.4 Å². The summed E-state index contributed by atoms with van der Waals surface area (Å²) in [6, 6.07) is 21.1. The van der Waals surface area contributed by atoms with Crippen LogP contribution < -0.4 is 4.74 Å². The first kappa shape index (κ1) is 20.5. The fourth-order valence-electron chi connectivity index (χ4n) is 4.11. The maximum atomic E-state index is 13.8. The molecule has 0 saturated carbocycles. The Bertz CT molecular complexity index is 1110. The lowest BCUT2D eigenvalue weighted by Crippen LogP contribution is -2.35. The molecule has 4 nitrogen and oxygen atoms in total. The quantitative estimate of drug-likeness (QED) is 0.558. The van der Waals surface area contributed by atoms with Gasteiger partial charge in [-0.3, -0.25) is 4.79 Å². The molecular weight excluding hydrogens is 423 g/mol. The van der Waals surface area contributed by atoms with Crippen LogP contribution in [-0.2, 0) is 23.1 Å². The van der Waals surface area contributed by atoms with Crippen molar-refractivity contribution in [1.82, 2.24) is 0 Å². The lowest BCUT2D eigenvalue weighted by Gasteiger charge is -2.28. The van der Waals surface area contributed by atoms with E-state index in [1.807, 2.05) is 60.7 Å². The van der Waals surface area contributed by atoms with Gasteiger partial charge in [-0.2, -0.15) is 0 Å². The predicted molar refractivity (Wildman–Crippen MR) is 116 cm³/mol. The van der Waals surface area contributed by atoms with Crippen LogP contribution in [0.2, 0.25) is 10.0 Å². The Labute approximate surface area is 184 Å². The summed E-state index contributed by atoms with van der Waals surface area (Å²) >= 11 is 12.8. The van der Waals surface area contributed by atoms with Gasteiger partial charge in [-0.1, -0.05) is 83.9 Å². The molecule has 30 heavy (non-hydrogen) atoms. The predicted octanol–water partition coefficient (Wildman–Crippen LogP) is 5.38. The van der Waals surface area contributed by atoms with Gasteiger partial charge in [-0.15, -0.1) is 0 Å². The molecule has 152 valence electrons. The molecule has 0 spiro atoms. The Hall–Kier alpha value is -2.82. The minimum atomic E-state index is -1.12. The molecule has 4 rings (SSSR count). The number of Topliss-reactive ketones (excluding diaryl/α,β-unsaturated/α-hetero) is 1. The van der Waals surface area contributed by atoms with E-state index in [1.54, 1.807) is 6.07 Å². The van der Waals surface area contributed by atoms with E-state index in [-0.39, 0.29) is 21.6 Å². The zero-order valence-corrected chi connectivity index (χ0v) is 17.4. The number of rotatable bonds is 6. The van der Waals surface area contributed by atoms with Crippen molar-refractivity contribution in [3.8, 4) is 5.75 Å². The van der Waals surface area contributed by atoms with Gasteiger partial charge in [0.1, 0.15) is 10.8 Å². The molecule has 1 N–H and O–H groups in total. The Kier molecular flexibility index (Phi) is 5.54. The van der Waals surface area contributed by atoms with Gasteiger partial charge >= 0.3 is 5.97 Å². The average molecular weight is 441 g/mol. The summed E-state index contributed by atoms with van der Waals surface area (Å²) in [6.07, 6.45) is 0.922. The molecule has 6 heteroatoms. The van der Waals surface area contributed by atoms with E-state index in [9.17, 15) is 9.59 Å². The third-order valence-corrected chi connectivity index (χ3v) is 6.29. The number of benzene rings is 3. The summed E-state index contributed by atoms with van der Waals surface area (Å²) in [7, 11) is 0. The van der Waals surface area contributed by atoms with E-state index < -0.39 is 18.0 Å². The van der Waals surface area contributed by atoms with Gasteiger partial charge in [-0.25, -0.2) is 4.79 Å². The minimum Gasteiger partial charge on any atom is -0.480 e. The molecule has 0 bridgehead atoms. The van der Waals surface area contributed by atoms with Crippen LogP contribution in [0.3, 0.4) is 0 Å². The maximum Gasteiger partial charge on any atom is 0.341 e. The number of carboxylic acid groups (broad SMARTS) is 1. The number of hydrogen-bond donors (Lipinski definition) is 1. The molecule has 3 aromatic carbocycles. The van der Waals surface area contributed by atoms with Crippen LogP contribution in [0.1, 0.15) is 27.0 Å². The van der Waals surface area contributed by atoms with Crippen molar-refractivity contribution in [1.29, 1.82) is 0 Å². The Morgan fingerprint density at radius 3 is 2.27 bits per heavy atom. The first-order chi connectivity index (χ1) is 14.4. The SMILES string of the molecule is O=C(O)COc1cc2c(c(Cl)c1Cl)C(=O)C(Cc1ccccc1)(c1ccccc1)C2. The summed E-state index contributed by atoms with van der Waals surface area (Å²) < 4.78 is 5.30. The zero-order valence-electron chi connectivity index (χ0n) is 15.9. The van der Waals surface area contributed by atoms with Crippen molar-refractivity contribution in [3.05, 3.63) is 99.0 Å². The number of ether oxygens (including phenoxy) is 1. The van der Waals surface area contributed by atoms with Gasteiger partial charge in [0.05, 0.1) is 10.4 Å². The standard InChI is InChI=1S/C24H18Cl2O4/c25-21-18(30-14-19(27)28)11-16-13-24(17-9-5-2-6-10-17,23(29)20(16)22(21)26)12-15-7-3-1-4-8-15/h1-11H,12-14H2,(H,27,28). The van der Waals surface area contributed by atoms with Crippen LogP contribution in [0.5, 0.6) is 5.75 Å². The summed E-state index contributed by atoms with van der Waals surface area (Å²) in [5, 5.41) is 9.06. The maximum absolute atomic E-state index is 13.8. The molecule has 3 aromatic rings. The third kappa shape index (κ3) is 3.57. The molecule has 1 aliphatic carbocycles. The number of hydrogen-bond acceptors (Lipinski definition) is 3. The van der Waals surface area contributed by atoms with E-state index in [0.717, 1.165) is 11.1 Å². The van der Waals surface area contributed by atoms with Crippen LogP contribution in [0, 0.1) is 0 Å². The number of ketones is 1. The van der Waals surface area contributed by atoms with Crippen LogP contribution in [0.15, 0.2) is 66.7 Å². The third-order valence-electron chi connectivity index (χ3n) is 5.44. The smallest absolute Gasteiger partial charge is 0.341 e. The largest absolute Gasteiger partial charge is 0.480 e. The zero-order chi connectivity index (χ0) is 21.3. The Morgan fingerprint density at radius 2 is 1.63 bits per heavy atom. The molecule has 1 atom stereocenters. The van der Waals surface area contributed by atoms with E-state index >= 15 is 0 Å². The monoisotopic (exact) mass is 440 g/mol. The van der Waals surface area contributed by atoms with Crippen molar-refractivity contribution >= 4 is 35.0 Å². The fourth-order valence-corrected chi connectivity index (χ4v) is 4.61. The molecule has 0 saturated heterocycles. The average Bonchev–Trinajstić information content (AvgIpc) is 3.03. The van der Waals surface area contributed by atoms with Gasteiger partial charge < -0.3 is 9.84 Å². The number of carbonyl (C=O) groups is 2. The second kappa shape index (κ2) is 8.13. The van der Waals surface area contributed by atoms with Crippen molar-refractivity contribution in [3.63, 3.8) is 0 Å². The number of fused-ring (bicyclic) bond motifs is 1. The number of halogens is 2. The fraction of sp³-hybridized carbons (Fsp3) is 0.167. The molecule has 0 heterocycles. The summed E-state index contributed by atoms with van der Waals surface area (Å²) in [6.45, 7) is -0.545. The molecule has 0 fully saturated rings. The van der Waals surface area contributed by atoms with E-state index in [2.05, 4.69) is 0 Å². The lowest BCUT2D eigenvalue weighted by molar-refractivity contribution is -0.139. The highest BCUT2D eigenvalue weighted by Gasteiger charge is 2.48.